The maximum Gasteiger partial charge on any atom is 0.271 e. The van der Waals surface area contributed by atoms with Crippen LogP contribution in [0.1, 0.15) is 72.9 Å². The highest BCUT2D eigenvalue weighted by atomic mass is 16.5. The lowest BCUT2D eigenvalue weighted by Gasteiger charge is -2.27. The second kappa shape index (κ2) is 17.6. The molecule has 8 rings (SSSR count). The molecule has 1 saturated heterocycles. The molecule has 6 amide bonds. The Balaban J connectivity index is 0.847. The van der Waals surface area contributed by atoms with Crippen LogP contribution in [0.25, 0.3) is 22.2 Å². The summed E-state index contributed by atoms with van der Waals surface area (Å²) in [7, 11) is 3.09. The van der Waals surface area contributed by atoms with Crippen LogP contribution in [0.4, 0.5) is 17.1 Å². The minimum atomic E-state index is -1.06. The number of imide groups is 2. The van der Waals surface area contributed by atoms with Gasteiger partial charge in [-0.25, -0.2) is 4.98 Å². The first-order valence-corrected chi connectivity index (χ1v) is 19.8. The number of carbonyl (C=O) groups excluding carboxylic acids is 6. The van der Waals surface area contributed by atoms with Crippen molar-refractivity contribution in [2.75, 3.05) is 31.3 Å². The number of unbranched alkanes of at least 4 members (excludes halogenated alkanes) is 1. The van der Waals surface area contributed by atoms with Gasteiger partial charge in [0.15, 0.2) is 0 Å². The quantitative estimate of drug-likeness (QED) is 0.0733. The molecule has 3 aromatic heterocycles. The fraction of sp³-hybridized carbons (Fsp3) is 0.233. The molecule has 0 spiro atoms. The number of piperidine rings is 1. The molecule has 1 unspecified atom stereocenters. The van der Waals surface area contributed by atoms with Crippen LogP contribution in [0.2, 0.25) is 0 Å². The number of benzene rings is 3. The molecule has 314 valence electrons. The van der Waals surface area contributed by atoms with Crippen LogP contribution in [0, 0.1) is 0 Å². The Hall–Kier alpha value is -8.09. The number of aromatic nitrogens is 6. The van der Waals surface area contributed by atoms with Crippen molar-refractivity contribution < 1.29 is 33.5 Å². The summed E-state index contributed by atoms with van der Waals surface area (Å²) in [6, 6.07) is 16.9. The lowest BCUT2D eigenvalue weighted by atomic mass is 10.0. The molecule has 5 N–H and O–H groups in total. The molecule has 19 nitrogen and oxygen atoms in total. The van der Waals surface area contributed by atoms with Gasteiger partial charge in [0.1, 0.15) is 23.2 Å². The first-order valence-electron chi connectivity index (χ1n) is 19.8. The van der Waals surface area contributed by atoms with Gasteiger partial charge in [0.25, 0.3) is 23.6 Å². The monoisotopic (exact) mass is 836 g/mol. The number of pyridine rings is 1. The van der Waals surface area contributed by atoms with Crippen molar-refractivity contribution in [3.8, 4) is 17.0 Å². The number of para-hydroxylation sites is 1. The fourth-order valence-corrected chi connectivity index (χ4v) is 7.35. The number of anilines is 3. The lowest BCUT2D eigenvalue weighted by molar-refractivity contribution is -0.136. The van der Waals surface area contributed by atoms with E-state index in [1.165, 1.54) is 31.8 Å². The Labute approximate surface area is 353 Å². The Morgan fingerprint density at radius 2 is 1.74 bits per heavy atom. The molecular weight excluding hydrogens is 797 g/mol. The number of nitrogens with zero attached hydrogens (tertiary/aromatic N) is 7. The number of rotatable bonds is 15. The van der Waals surface area contributed by atoms with Gasteiger partial charge in [0, 0.05) is 61.1 Å². The van der Waals surface area contributed by atoms with E-state index in [0.717, 1.165) is 10.6 Å². The van der Waals surface area contributed by atoms with E-state index in [1.54, 1.807) is 36.1 Å². The third-order valence-electron chi connectivity index (χ3n) is 10.5. The molecule has 2 aliphatic heterocycles. The van der Waals surface area contributed by atoms with Crippen LogP contribution in [0.3, 0.4) is 0 Å². The Bertz CT molecular complexity index is 2740. The van der Waals surface area contributed by atoms with E-state index in [9.17, 15) is 28.8 Å². The molecule has 19 heteroatoms. The van der Waals surface area contributed by atoms with Crippen LogP contribution < -0.4 is 31.3 Å². The highest BCUT2D eigenvalue weighted by molar-refractivity contribution is 6.25. The summed E-state index contributed by atoms with van der Waals surface area (Å²) in [4.78, 5) is 90.9. The lowest BCUT2D eigenvalue weighted by Crippen LogP contribution is -2.54. The summed E-state index contributed by atoms with van der Waals surface area (Å²) in [6.07, 6.45) is 7.59. The van der Waals surface area contributed by atoms with Crippen molar-refractivity contribution >= 4 is 63.4 Å². The molecule has 0 radical (unpaired) electrons. The van der Waals surface area contributed by atoms with Crippen LogP contribution in [0.15, 0.2) is 85.5 Å². The van der Waals surface area contributed by atoms with E-state index >= 15 is 0 Å². The average Bonchev–Trinajstić information content (AvgIpc) is 3.85. The zero-order valence-electron chi connectivity index (χ0n) is 33.6. The molecule has 3 aromatic carbocycles. The number of nitrogens with one attached hydrogen (secondary N) is 5. The van der Waals surface area contributed by atoms with Crippen molar-refractivity contribution in [2.24, 2.45) is 0 Å². The van der Waals surface area contributed by atoms with Gasteiger partial charge in [0.2, 0.25) is 11.8 Å². The second-order valence-electron chi connectivity index (χ2n) is 14.4. The maximum absolute atomic E-state index is 13.4. The number of methoxy groups -OCH3 is 1. The number of carbonyl (C=O) groups is 6. The molecule has 1 atom stereocenters. The predicted octanol–water partition coefficient (Wildman–Crippen LogP) is 3.62. The number of fused-ring (bicyclic) bond motifs is 2. The van der Waals surface area contributed by atoms with Crippen LogP contribution in [0.5, 0.6) is 5.75 Å². The largest absolute Gasteiger partial charge is 0.496 e. The van der Waals surface area contributed by atoms with E-state index in [4.69, 9.17) is 4.74 Å². The van der Waals surface area contributed by atoms with Gasteiger partial charge in [-0.2, -0.15) is 0 Å². The van der Waals surface area contributed by atoms with Crippen molar-refractivity contribution in [1.29, 1.82) is 0 Å². The van der Waals surface area contributed by atoms with Gasteiger partial charge in [0.05, 0.1) is 65.8 Å². The van der Waals surface area contributed by atoms with Gasteiger partial charge >= 0.3 is 0 Å². The highest BCUT2D eigenvalue weighted by Crippen LogP contribution is 2.38. The summed E-state index contributed by atoms with van der Waals surface area (Å²) in [5.41, 5.74) is 4.80. The van der Waals surface area contributed by atoms with E-state index < -0.39 is 29.7 Å². The highest BCUT2D eigenvalue weighted by Gasteiger charge is 2.45. The molecule has 0 aliphatic carbocycles. The first-order chi connectivity index (χ1) is 30.1. The summed E-state index contributed by atoms with van der Waals surface area (Å²) < 4.78 is 7.36. The molecule has 62 heavy (non-hydrogen) atoms. The molecule has 1 fully saturated rings. The zero-order chi connectivity index (χ0) is 43.3. The first kappa shape index (κ1) is 40.7. The Kier molecular flexibility index (Phi) is 11.6. The van der Waals surface area contributed by atoms with E-state index in [0.29, 0.717) is 76.5 Å². The summed E-state index contributed by atoms with van der Waals surface area (Å²) in [5, 5.41) is 23.3. The normalized spacial score (nSPS) is 14.7. The molecule has 5 heterocycles. The number of ether oxygens (including phenoxy) is 1. The molecular formula is C43H40N12O7. The van der Waals surface area contributed by atoms with Crippen molar-refractivity contribution in [3.05, 3.63) is 114 Å². The van der Waals surface area contributed by atoms with E-state index in [-0.39, 0.29) is 48.0 Å². The number of aryl methyl sites for hydroxylation is 1. The predicted molar refractivity (Wildman–Crippen MR) is 224 cm³/mol. The SMILES string of the molecule is CNC(=O)c1cnc2cc(OC)c(-c3cnc(C(=O)NCCCCn4cc(CNc5cccc6c5C(=O)N(C5CCC(=O)NC5=O)C6=O)nn4)cn3)cc2c1Nc1ccccc1. The van der Waals surface area contributed by atoms with Crippen LogP contribution in [-0.4, -0.2) is 97.0 Å². The van der Waals surface area contributed by atoms with Crippen molar-refractivity contribution in [2.45, 2.75) is 44.8 Å². The molecule has 0 bridgehead atoms. The van der Waals surface area contributed by atoms with Crippen LogP contribution >= 0.6 is 0 Å². The van der Waals surface area contributed by atoms with Crippen LogP contribution in [-0.2, 0) is 22.7 Å². The topological polar surface area (TPSA) is 244 Å². The smallest absolute Gasteiger partial charge is 0.271 e. The van der Waals surface area contributed by atoms with Gasteiger partial charge in [-0.3, -0.25) is 53.6 Å². The van der Waals surface area contributed by atoms with Gasteiger partial charge < -0.3 is 26.0 Å². The Morgan fingerprint density at radius 1 is 0.903 bits per heavy atom. The fourth-order valence-electron chi connectivity index (χ4n) is 7.35. The summed E-state index contributed by atoms with van der Waals surface area (Å²) in [5.74, 6) is -2.50. The maximum atomic E-state index is 13.4. The van der Waals surface area contributed by atoms with Crippen molar-refractivity contribution in [1.82, 2.24) is 50.8 Å². The van der Waals surface area contributed by atoms with Gasteiger partial charge in [-0.15, -0.1) is 5.10 Å². The third kappa shape index (κ3) is 8.22. The standard InChI is InChI=1S/C43H40N12O7/c1-44-39(57)29-20-47-31-18-35(62-2)27(17-28(31)38(29)50-24-9-4-3-5-10-24)32-21-49-33(22-48-32)40(58)45-15-6-7-16-54-23-25(52-53-54)19-46-30-12-8-11-26-37(30)43(61)55(42(26)60)34-13-14-36(56)51-41(34)59/h3-5,8-12,17-18,20-23,34,46H,6-7,13-16,19H2,1-2H3,(H,44,57)(H,45,58)(H,47,50)(H,51,56,59). The van der Waals surface area contributed by atoms with E-state index in [1.807, 2.05) is 36.4 Å². The summed E-state index contributed by atoms with van der Waals surface area (Å²) >= 11 is 0. The number of hydrogen-bond donors (Lipinski definition) is 5. The minimum absolute atomic E-state index is 0.0355. The molecule has 2 aliphatic rings. The molecule has 0 saturated carbocycles. The summed E-state index contributed by atoms with van der Waals surface area (Å²) in [6.45, 7) is 1.12. The number of amides is 6. The second-order valence-corrected chi connectivity index (χ2v) is 14.4. The van der Waals surface area contributed by atoms with E-state index in [2.05, 4.69) is 51.8 Å². The van der Waals surface area contributed by atoms with Crippen molar-refractivity contribution in [3.63, 3.8) is 0 Å². The molecule has 6 aromatic rings. The third-order valence-corrected chi connectivity index (χ3v) is 10.5. The average molecular weight is 837 g/mol. The number of hydrogen-bond acceptors (Lipinski definition) is 14. The zero-order valence-corrected chi connectivity index (χ0v) is 33.6. The van der Waals surface area contributed by atoms with Gasteiger partial charge in [-0.05, 0) is 49.6 Å². The van der Waals surface area contributed by atoms with Gasteiger partial charge in [-0.1, -0.05) is 29.5 Å². The minimum Gasteiger partial charge on any atom is -0.496 e. The Morgan fingerprint density at radius 3 is 2.50 bits per heavy atom.